The Morgan fingerprint density at radius 2 is 2.29 bits per heavy atom. The van der Waals surface area contributed by atoms with Gasteiger partial charge in [-0.05, 0) is 31.3 Å². The fraction of sp³-hybridized carbons (Fsp3) is 0.733. The Hall–Kier alpha value is -1.40. The van der Waals surface area contributed by atoms with E-state index in [9.17, 15) is 4.79 Å². The number of ether oxygens (including phenoxy) is 1. The first-order valence-corrected chi connectivity index (χ1v) is 7.62. The van der Waals surface area contributed by atoms with Crippen molar-refractivity contribution in [1.29, 1.82) is 0 Å². The number of aromatic nitrogens is 2. The average molecular weight is 292 g/mol. The van der Waals surface area contributed by atoms with Crippen LogP contribution >= 0.6 is 0 Å². The van der Waals surface area contributed by atoms with E-state index in [1.807, 2.05) is 11.9 Å². The molecule has 0 radical (unpaired) electrons. The van der Waals surface area contributed by atoms with Crippen LogP contribution in [0.3, 0.4) is 0 Å². The summed E-state index contributed by atoms with van der Waals surface area (Å²) in [6.45, 7) is 4.44. The van der Waals surface area contributed by atoms with Gasteiger partial charge in [-0.15, -0.1) is 0 Å². The van der Waals surface area contributed by atoms with Gasteiger partial charge in [-0.1, -0.05) is 0 Å². The van der Waals surface area contributed by atoms with Crippen molar-refractivity contribution in [3.05, 3.63) is 18.0 Å². The van der Waals surface area contributed by atoms with Crippen molar-refractivity contribution >= 4 is 5.91 Å². The molecule has 1 aromatic heterocycles. The average Bonchev–Trinajstić information content (AvgIpc) is 3.05. The quantitative estimate of drug-likeness (QED) is 0.882. The van der Waals surface area contributed by atoms with Crippen molar-refractivity contribution in [3.63, 3.8) is 0 Å². The third-order valence-corrected chi connectivity index (χ3v) is 5.02. The highest BCUT2D eigenvalue weighted by molar-refractivity contribution is 5.94. The number of piperidine rings is 1. The van der Waals surface area contributed by atoms with Crippen molar-refractivity contribution in [2.45, 2.75) is 12.8 Å². The number of rotatable bonds is 3. The second-order valence-electron chi connectivity index (χ2n) is 6.35. The Morgan fingerprint density at radius 3 is 2.90 bits per heavy atom. The Morgan fingerprint density at radius 1 is 1.52 bits per heavy atom. The zero-order chi connectivity index (χ0) is 14.9. The van der Waals surface area contributed by atoms with Crippen LogP contribution in [0.4, 0.5) is 0 Å². The summed E-state index contributed by atoms with van der Waals surface area (Å²) in [4.78, 5) is 14.6. The number of methoxy groups -OCH3 is 1. The van der Waals surface area contributed by atoms with E-state index < -0.39 is 0 Å². The molecule has 0 aromatic carbocycles. The topological polar surface area (TPSA) is 59.4 Å². The number of aryl methyl sites for hydroxylation is 1. The molecular formula is C15H24N4O2. The normalized spacial score (nSPS) is 24.7. The van der Waals surface area contributed by atoms with Crippen LogP contribution in [0.25, 0.3) is 0 Å². The summed E-state index contributed by atoms with van der Waals surface area (Å²) >= 11 is 0. The fourth-order valence-corrected chi connectivity index (χ4v) is 3.82. The molecule has 6 nitrogen and oxygen atoms in total. The third-order valence-electron chi connectivity index (χ3n) is 5.02. The van der Waals surface area contributed by atoms with Gasteiger partial charge < -0.3 is 15.0 Å². The van der Waals surface area contributed by atoms with Crippen LogP contribution in [0.2, 0.25) is 0 Å². The Balaban J connectivity index is 1.77. The molecule has 0 unspecified atom stereocenters. The van der Waals surface area contributed by atoms with Crippen molar-refractivity contribution < 1.29 is 9.53 Å². The molecule has 2 saturated heterocycles. The Labute approximate surface area is 125 Å². The van der Waals surface area contributed by atoms with Gasteiger partial charge in [0.1, 0.15) is 0 Å². The number of nitrogens with one attached hydrogen (secondary N) is 1. The predicted molar refractivity (Wildman–Crippen MR) is 79.0 cm³/mol. The lowest BCUT2D eigenvalue weighted by Crippen LogP contribution is -2.43. The minimum Gasteiger partial charge on any atom is -0.384 e. The second-order valence-corrected chi connectivity index (χ2v) is 6.35. The van der Waals surface area contributed by atoms with Crippen LogP contribution in [0.5, 0.6) is 0 Å². The molecule has 1 N–H and O–H groups in total. The molecule has 0 saturated carbocycles. The van der Waals surface area contributed by atoms with Crippen molar-refractivity contribution in [3.8, 4) is 0 Å². The molecule has 1 aromatic rings. The number of hydrogen-bond acceptors (Lipinski definition) is 4. The molecule has 2 aliphatic heterocycles. The van der Waals surface area contributed by atoms with Gasteiger partial charge in [0.15, 0.2) is 0 Å². The molecule has 2 fully saturated rings. The van der Waals surface area contributed by atoms with Gasteiger partial charge in [-0.25, -0.2) is 0 Å². The van der Waals surface area contributed by atoms with E-state index in [2.05, 4.69) is 10.4 Å². The third kappa shape index (κ3) is 2.70. The summed E-state index contributed by atoms with van der Waals surface area (Å²) in [5.74, 6) is 0.532. The summed E-state index contributed by atoms with van der Waals surface area (Å²) in [6, 6.07) is 0. The standard InChI is InChI=1S/C15H24N4O2/c1-18-8-12(7-17-18)14(20)19-9-13(10-21-2)15(11-19)3-5-16-6-4-15/h7-8,13,16H,3-6,9-11H2,1-2H3/t13-/m1/s1. The lowest BCUT2D eigenvalue weighted by Gasteiger charge is -2.38. The molecule has 0 bridgehead atoms. The van der Waals surface area contributed by atoms with Crippen molar-refractivity contribution in [2.75, 3.05) is 39.9 Å². The summed E-state index contributed by atoms with van der Waals surface area (Å²) in [5, 5.41) is 7.52. The lowest BCUT2D eigenvalue weighted by atomic mass is 9.71. The molecule has 0 aliphatic carbocycles. The van der Waals surface area contributed by atoms with Gasteiger partial charge in [0, 0.05) is 39.4 Å². The molecule has 3 rings (SSSR count). The predicted octanol–water partition coefficient (Wildman–Crippen LogP) is 0.508. The minimum absolute atomic E-state index is 0.0969. The molecule has 1 atom stereocenters. The van der Waals surface area contributed by atoms with Gasteiger partial charge in [0.25, 0.3) is 5.91 Å². The largest absolute Gasteiger partial charge is 0.384 e. The highest BCUT2D eigenvalue weighted by Crippen LogP contribution is 2.43. The molecule has 116 valence electrons. The van der Waals surface area contributed by atoms with Crippen LogP contribution in [-0.4, -0.2) is 60.5 Å². The number of carbonyl (C=O) groups excluding carboxylic acids is 1. The summed E-state index contributed by atoms with van der Waals surface area (Å²) in [6.07, 6.45) is 5.69. The van der Waals surface area contributed by atoms with E-state index in [0.717, 1.165) is 45.6 Å². The molecular weight excluding hydrogens is 268 g/mol. The zero-order valence-corrected chi connectivity index (χ0v) is 12.8. The zero-order valence-electron chi connectivity index (χ0n) is 12.8. The SMILES string of the molecule is COC[C@H]1CN(C(=O)c2cnn(C)c2)CC12CCNCC2. The maximum Gasteiger partial charge on any atom is 0.257 e. The van der Waals surface area contributed by atoms with Gasteiger partial charge in [-0.2, -0.15) is 5.10 Å². The molecule has 3 heterocycles. The first kappa shape index (κ1) is 14.5. The number of amides is 1. The maximum atomic E-state index is 12.7. The van der Waals surface area contributed by atoms with Crippen LogP contribution < -0.4 is 5.32 Å². The number of nitrogens with zero attached hydrogens (tertiary/aromatic N) is 3. The minimum atomic E-state index is 0.0969. The van der Waals surface area contributed by atoms with E-state index >= 15 is 0 Å². The summed E-state index contributed by atoms with van der Waals surface area (Å²) in [5.41, 5.74) is 0.902. The number of carbonyl (C=O) groups is 1. The van der Waals surface area contributed by atoms with Crippen LogP contribution in [-0.2, 0) is 11.8 Å². The summed E-state index contributed by atoms with van der Waals surface area (Å²) in [7, 11) is 3.59. The van der Waals surface area contributed by atoms with Gasteiger partial charge in [0.2, 0.25) is 0 Å². The highest BCUT2D eigenvalue weighted by Gasteiger charge is 2.48. The van der Waals surface area contributed by atoms with Crippen LogP contribution in [0.1, 0.15) is 23.2 Å². The number of hydrogen-bond donors (Lipinski definition) is 1. The number of likely N-dealkylation sites (tertiary alicyclic amines) is 1. The Kier molecular flexibility index (Phi) is 3.99. The smallest absolute Gasteiger partial charge is 0.257 e. The Bertz CT molecular complexity index is 508. The summed E-state index contributed by atoms with van der Waals surface area (Å²) < 4.78 is 7.09. The monoisotopic (exact) mass is 292 g/mol. The van der Waals surface area contributed by atoms with Gasteiger partial charge in [0.05, 0.1) is 18.4 Å². The maximum absolute atomic E-state index is 12.7. The van der Waals surface area contributed by atoms with Crippen molar-refractivity contribution in [1.82, 2.24) is 20.0 Å². The molecule has 6 heteroatoms. The van der Waals surface area contributed by atoms with E-state index in [-0.39, 0.29) is 11.3 Å². The molecule has 1 amide bonds. The molecule has 2 aliphatic rings. The molecule has 21 heavy (non-hydrogen) atoms. The van der Waals surface area contributed by atoms with Crippen molar-refractivity contribution in [2.24, 2.45) is 18.4 Å². The first-order valence-electron chi connectivity index (χ1n) is 7.62. The van der Waals surface area contributed by atoms with Crippen LogP contribution in [0.15, 0.2) is 12.4 Å². The molecule has 1 spiro atoms. The first-order chi connectivity index (χ1) is 10.1. The van der Waals surface area contributed by atoms with E-state index in [0.29, 0.717) is 11.5 Å². The van der Waals surface area contributed by atoms with E-state index in [1.54, 1.807) is 24.2 Å². The van der Waals surface area contributed by atoms with E-state index in [1.165, 1.54) is 0 Å². The van der Waals surface area contributed by atoms with Crippen LogP contribution in [0, 0.1) is 11.3 Å². The van der Waals surface area contributed by atoms with E-state index in [4.69, 9.17) is 4.74 Å². The second kappa shape index (κ2) is 5.77. The fourth-order valence-electron chi connectivity index (χ4n) is 3.82. The highest BCUT2D eigenvalue weighted by atomic mass is 16.5. The lowest BCUT2D eigenvalue weighted by molar-refractivity contribution is 0.0701. The van der Waals surface area contributed by atoms with Gasteiger partial charge in [-0.3, -0.25) is 9.48 Å². The van der Waals surface area contributed by atoms with Gasteiger partial charge >= 0.3 is 0 Å².